The SMILES string of the molecule is CN1CCN(C(=O)c2ccc(NC(=O)C3CC3)s2)CC1. The maximum Gasteiger partial charge on any atom is 0.264 e. The molecule has 1 saturated heterocycles. The third-order valence-corrected chi connectivity index (χ3v) is 4.79. The molecule has 0 aromatic carbocycles. The second-order valence-electron chi connectivity index (χ2n) is 5.52. The van der Waals surface area contributed by atoms with E-state index in [2.05, 4.69) is 17.3 Å². The normalized spacial score (nSPS) is 19.9. The van der Waals surface area contributed by atoms with Gasteiger partial charge in [0.05, 0.1) is 9.88 Å². The number of hydrogen-bond donors (Lipinski definition) is 1. The van der Waals surface area contributed by atoms with Crippen LogP contribution in [0.15, 0.2) is 12.1 Å². The zero-order chi connectivity index (χ0) is 14.1. The lowest BCUT2D eigenvalue weighted by molar-refractivity contribution is -0.117. The highest BCUT2D eigenvalue weighted by molar-refractivity contribution is 7.18. The van der Waals surface area contributed by atoms with Gasteiger partial charge in [0.1, 0.15) is 0 Å². The van der Waals surface area contributed by atoms with Gasteiger partial charge in [-0.05, 0) is 32.0 Å². The molecule has 2 aliphatic rings. The fraction of sp³-hybridized carbons (Fsp3) is 0.571. The highest BCUT2D eigenvalue weighted by Gasteiger charge is 2.30. The molecule has 0 unspecified atom stereocenters. The van der Waals surface area contributed by atoms with Gasteiger partial charge in [-0.15, -0.1) is 11.3 Å². The molecule has 3 rings (SSSR count). The Kier molecular flexibility index (Phi) is 3.76. The highest BCUT2D eigenvalue weighted by atomic mass is 32.1. The lowest BCUT2D eigenvalue weighted by Crippen LogP contribution is -2.46. The van der Waals surface area contributed by atoms with Crippen molar-refractivity contribution in [2.45, 2.75) is 12.8 Å². The molecule has 1 aliphatic heterocycles. The van der Waals surface area contributed by atoms with Gasteiger partial charge in [-0.2, -0.15) is 0 Å². The molecular formula is C14H19N3O2S. The molecule has 1 aromatic rings. The van der Waals surface area contributed by atoms with E-state index in [-0.39, 0.29) is 17.7 Å². The van der Waals surface area contributed by atoms with E-state index in [1.165, 1.54) is 11.3 Å². The molecule has 1 N–H and O–H groups in total. The predicted molar refractivity (Wildman–Crippen MR) is 79.1 cm³/mol. The lowest BCUT2D eigenvalue weighted by Gasteiger charge is -2.32. The number of likely N-dealkylation sites (N-methyl/N-ethyl adjacent to an activating group) is 1. The second kappa shape index (κ2) is 5.54. The summed E-state index contributed by atoms with van der Waals surface area (Å²) >= 11 is 1.37. The summed E-state index contributed by atoms with van der Waals surface area (Å²) in [5.74, 6) is 0.356. The van der Waals surface area contributed by atoms with E-state index >= 15 is 0 Å². The number of anilines is 1. The number of carbonyl (C=O) groups is 2. The fourth-order valence-electron chi connectivity index (χ4n) is 2.25. The van der Waals surface area contributed by atoms with Gasteiger partial charge in [0.25, 0.3) is 5.91 Å². The molecule has 0 radical (unpaired) electrons. The van der Waals surface area contributed by atoms with E-state index < -0.39 is 0 Å². The topological polar surface area (TPSA) is 52.6 Å². The summed E-state index contributed by atoms with van der Waals surface area (Å²) in [4.78, 5) is 28.9. The van der Waals surface area contributed by atoms with Crippen LogP contribution in [0.2, 0.25) is 0 Å². The molecule has 6 heteroatoms. The zero-order valence-electron chi connectivity index (χ0n) is 11.6. The van der Waals surface area contributed by atoms with Crippen LogP contribution in [0.3, 0.4) is 0 Å². The number of thiophene rings is 1. The van der Waals surface area contributed by atoms with Gasteiger partial charge in [0.2, 0.25) is 5.91 Å². The number of piperazine rings is 1. The number of carbonyl (C=O) groups excluding carboxylic acids is 2. The maximum absolute atomic E-state index is 12.4. The number of amides is 2. The van der Waals surface area contributed by atoms with Crippen LogP contribution in [-0.4, -0.2) is 54.8 Å². The Bertz CT molecular complexity index is 516. The Morgan fingerprint density at radius 2 is 1.90 bits per heavy atom. The zero-order valence-corrected chi connectivity index (χ0v) is 12.4. The smallest absolute Gasteiger partial charge is 0.264 e. The number of hydrogen-bond acceptors (Lipinski definition) is 4. The summed E-state index contributed by atoms with van der Waals surface area (Å²) in [6.45, 7) is 3.39. The predicted octanol–water partition coefficient (Wildman–Crippen LogP) is 1.48. The van der Waals surface area contributed by atoms with Crippen molar-refractivity contribution in [2.24, 2.45) is 5.92 Å². The van der Waals surface area contributed by atoms with Crippen molar-refractivity contribution in [3.63, 3.8) is 0 Å². The molecule has 108 valence electrons. The quantitative estimate of drug-likeness (QED) is 0.918. The van der Waals surface area contributed by atoms with Crippen LogP contribution in [0.4, 0.5) is 5.00 Å². The fourth-order valence-corrected chi connectivity index (χ4v) is 3.13. The Morgan fingerprint density at radius 3 is 2.55 bits per heavy atom. The Balaban J connectivity index is 1.60. The second-order valence-corrected chi connectivity index (χ2v) is 6.61. The summed E-state index contributed by atoms with van der Waals surface area (Å²) in [6, 6.07) is 3.64. The third kappa shape index (κ3) is 3.02. The Morgan fingerprint density at radius 1 is 1.20 bits per heavy atom. The molecule has 1 aliphatic carbocycles. The van der Waals surface area contributed by atoms with Crippen LogP contribution in [0, 0.1) is 5.92 Å². The van der Waals surface area contributed by atoms with E-state index in [1.54, 1.807) is 0 Å². The van der Waals surface area contributed by atoms with Gasteiger partial charge < -0.3 is 15.1 Å². The largest absolute Gasteiger partial charge is 0.335 e. The monoisotopic (exact) mass is 293 g/mol. The average Bonchev–Trinajstić information content (AvgIpc) is 3.20. The lowest BCUT2D eigenvalue weighted by atomic mass is 10.3. The van der Waals surface area contributed by atoms with Gasteiger partial charge in [0.15, 0.2) is 0 Å². The van der Waals surface area contributed by atoms with E-state index in [9.17, 15) is 9.59 Å². The molecule has 0 atom stereocenters. The van der Waals surface area contributed by atoms with Crippen LogP contribution >= 0.6 is 11.3 Å². The van der Waals surface area contributed by atoms with Crippen LogP contribution < -0.4 is 5.32 Å². The summed E-state index contributed by atoms with van der Waals surface area (Å²) < 4.78 is 0. The third-order valence-electron chi connectivity index (χ3n) is 3.80. The first-order chi connectivity index (χ1) is 9.63. The Labute approximate surface area is 122 Å². The standard InChI is InChI=1S/C14H19N3O2S/c1-16-6-8-17(9-7-16)14(19)11-4-5-12(20-11)15-13(18)10-2-3-10/h4-5,10H,2-3,6-9H2,1H3,(H,15,18). The molecule has 2 fully saturated rings. The number of nitrogens with zero attached hydrogens (tertiary/aromatic N) is 2. The van der Waals surface area contributed by atoms with Crippen molar-refractivity contribution >= 4 is 28.2 Å². The Hall–Kier alpha value is -1.40. The summed E-state index contributed by atoms with van der Waals surface area (Å²) in [6.07, 6.45) is 1.98. The summed E-state index contributed by atoms with van der Waals surface area (Å²) in [5.41, 5.74) is 0. The molecule has 2 amide bonds. The summed E-state index contributed by atoms with van der Waals surface area (Å²) in [7, 11) is 2.07. The van der Waals surface area contributed by atoms with Gasteiger partial charge in [-0.25, -0.2) is 0 Å². The first-order valence-electron chi connectivity index (χ1n) is 7.02. The van der Waals surface area contributed by atoms with Crippen LogP contribution in [-0.2, 0) is 4.79 Å². The van der Waals surface area contributed by atoms with E-state index in [1.807, 2.05) is 17.0 Å². The highest BCUT2D eigenvalue weighted by Crippen LogP contribution is 2.31. The van der Waals surface area contributed by atoms with Crippen LogP contribution in [0.1, 0.15) is 22.5 Å². The minimum Gasteiger partial charge on any atom is -0.335 e. The molecule has 0 spiro atoms. The minimum atomic E-state index is 0.0787. The number of rotatable bonds is 3. The van der Waals surface area contributed by atoms with Crippen molar-refractivity contribution < 1.29 is 9.59 Å². The first kappa shape index (κ1) is 13.6. The summed E-state index contributed by atoms with van der Waals surface area (Å²) in [5, 5.41) is 3.67. The van der Waals surface area contributed by atoms with Crippen LogP contribution in [0.5, 0.6) is 0 Å². The van der Waals surface area contributed by atoms with E-state index in [0.29, 0.717) is 4.88 Å². The minimum absolute atomic E-state index is 0.0787. The number of nitrogens with one attached hydrogen (secondary N) is 1. The van der Waals surface area contributed by atoms with E-state index in [4.69, 9.17) is 0 Å². The van der Waals surface area contributed by atoms with E-state index in [0.717, 1.165) is 44.0 Å². The molecule has 20 heavy (non-hydrogen) atoms. The van der Waals surface area contributed by atoms with Crippen molar-refractivity contribution in [3.8, 4) is 0 Å². The van der Waals surface area contributed by atoms with Crippen molar-refractivity contribution in [1.82, 2.24) is 9.80 Å². The van der Waals surface area contributed by atoms with Gasteiger partial charge in [-0.1, -0.05) is 0 Å². The maximum atomic E-state index is 12.4. The molecule has 2 heterocycles. The molecular weight excluding hydrogens is 274 g/mol. The first-order valence-corrected chi connectivity index (χ1v) is 7.83. The van der Waals surface area contributed by atoms with Gasteiger partial charge in [-0.3, -0.25) is 9.59 Å². The molecule has 5 nitrogen and oxygen atoms in total. The average molecular weight is 293 g/mol. The molecule has 1 saturated carbocycles. The van der Waals surface area contributed by atoms with Crippen LogP contribution in [0.25, 0.3) is 0 Å². The molecule has 1 aromatic heterocycles. The van der Waals surface area contributed by atoms with Crippen molar-refractivity contribution in [3.05, 3.63) is 17.0 Å². The van der Waals surface area contributed by atoms with Crippen molar-refractivity contribution in [2.75, 3.05) is 38.5 Å². The van der Waals surface area contributed by atoms with Crippen molar-refractivity contribution in [1.29, 1.82) is 0 Å². The van der Waals surface area contributed by atoms with Gasteiger partial charge >= 0.3 is 0 Å². The van der Waals surface area contributed by atoms with Gasteiger partial charge in [0, 0.05) is 32.1 Å². The molecule has 0 bridgehead atoms.